The lowest BCUT2D eigenvalue weighted by atomic mass is 10.2. The van der Waals surface area contributed by atoms with Crippen molar-refractivity contribution in [2.75, 3.05) is 37.6 Å². The van der Waals surface area contributed by atoms with E-state index in [0.717, 1.165) is 18.8 Å². The number of nitrogens with one attached hydrogen (secondary N) is 2. The van der Waals surface area contributed by atoms with Crippen LogP contribution in [0.3, 0.4) is 0 Å². The van der Waals surface area contributed by atoms with Gasteiger partial charge in [-0.2, -0.15) is 0 Å². The SMILES string of the molecule is CSc1nc(NN)cc(NC(C)CCN(C)C)n1. The van der Waals surface area contributed by atoms with Crippen molar-refractivity contribution in [2.24, 2.45) is 5.84 Å². The van der Waals surface area contributed by atoms with Crippen LogP contribution in [0.2, 0.25) is 0 Å². The molecule has 1 rings (SSSR count). The van der Waals surface area contributed by atoms with Gasteiger partial charge in [0.2, 0.25) is 0 Å². The molecule has 0 aliphatic carbocycles. The largest absolute Gasteiger partial charge is 0.367 e. The molecule has 0 aliphatic rings. The molecular weight excluding hydrogens is 248 g/mol. The van der Waals surface area contributed by atoms with Crippen LogP contribution >= 0.6 is 11.8 Å². The Kier molecular flexibility index (Phi) is 6.17. The summed E-state index contributed by atoms with van der Waals surface area (Å²) < 4.78 is 0. The Labute approximate surface area is 113 Å². The highest BCUT2D eigenvalue weighted by molar-refractivity contribution is 7.98. The van der Waals surface area contributed by atoms with Crippen molar-refractivity contribution in [3.63, 3.8) is 0 Å². The van der Waals surface area contributed by atoms with Crippen LogP contribution in [0.15, 0.2) is 11.2 Å². The molecule has 7 heteroatoms. The molecule has 0 saturated carbocycles. The molecule has 4 N–H and O–H groups in total. The molecular formula is C11H22N6S. The van der Waals surface area contributed by atoms with Gasteiger partial charge in [-0.05, 0) is 40.2 Å². The fourth-order valence-electron chi connectivity index (χ4n) is 1.44. The third kappa shape index (κ3) is 5.07. The van der Waals surface area contributed by atoms with E-state index in [-0.39, 0.29) is 0 Å². The molecule has 0 bridgehead atoms. The minimum atomic E-state index is 0.350. The van der Waals surface area contributed by atoms with E-state index in [1.807, 2.05) is 12.3 Å². The van der Waals surface area contributed by atoms with Crippen molar-refractivity contribution in [2.45, 2.75) is 24.5 Å². The third-order valence-corrected chi connectivity index (χ3v) is 2.99. The second-order valence-corrected chi connectivity index (χ2v) is 5.18. The summed E-state index contributed by atoms with van der Waals surface area (Å²) in [4.78, 5) is 10.8. The van der Waals surface area contributed by atoms with Crippen LogP contribution in [0.4, 0.5) is 11.6 Å². The molecule has 6 nitrogen and oxygen atoms in total. The minimum absolute atomic E-state index is 0.350. The normalized spacial score (nSPS) is 12.6. The number of anilines is 2. The van der Waals surface area contributed by atoms with Crippen LogP contribution in [0.25, 0.3) is 0 Å². The Bertz CT molecular complexity index is 348. The molecule has 0 spiro atoms. The summed E-state index contributed by atoms with van der Waals surface area (Å²) >= 11 is 1.49. The number of nitrogens with zero attached hydrogens (tertiary/aromatic N) is 3. The van der Waals surface area contributed by atoms with E-state index in [1.165, 1.54) is 11.8 Å². The number of hydrogen-bond acceptors (Lipinski definition) is 7. The van der Waals surface area contributed by atoms with Gasteiger partial charge < -0.3 is 15.6 Å². The second kappa shape index (κ2) is 7.40. The first kappa shape index (κ1) is 15.0. The second-order valence-electron chi connectivity index (χ2n) is 4.41. The van der Waals surface area contributed by atoms with Crippen molar-refractivity contribution >= 4 is 23.4 Å². The van der Waals surface area contributed by atoms with Crippen molar-refractivity contribution in [3.05, 3.63) is 6.07 Å². The molecule has 0 saturated heterocycles. The maximum absolute atomic E-state index is 5.39. The van der Waals surface area contributed by atoms with E-state index >= 15 is 0 Å². The summed E-state index contributed by atoms with van der Waals surface area (Å²) in [5.41, 5.74) is 2.55. The Morgan fingerprint density at radius 1 is 1.39 bits per heavy atom. The van der Waals surface area contributed by atoms with Gasteiger partial charge in [0.15, 0.2) is 5.16 Å². The average Bonchev–Trinajstić information content (AvgIpc) is 2.35. The van der Waals surface area contributed by atoms with Gasteiger partial charge in [0.25, 0.3) is 0 Å². The molecule has 0 aromatic carbocycles. The standard InChI is InChI=1S/C11H22N6S/c1-8(5-6-17(2)3)13-9-7-10(16-12)15-11(14-9)18-4/h7-8H,5-6,12H2,1-4H3,(H2,13,14,15,16). The smallest absolute Gasteiger partial charge is 0.191 e. The Morgan fingerprint density at radius 2 is 2.06 bits per heavy atom. The number of hydrazine groups is 1. The first-order valence-corrected chi connectivity index (χ1v) is 7.08. The van der Waals surface area contributed by atoms with Crippen LogP contribution in [0.1, 0.15) is 13.3 Å². The summed E-state index contributed by atoms with van der Waals surface area (Å²) in [5, 5.41) is 4.06. The van der Waals surface area contributed by atoms with E-state index in [0.29, 0.717) is 17.0 Å². The van der Waals surface area contributed by atoms with Crippen LogP contribution in [-0.2, 0) is 0 Å². The van der Waals surface area contributed by atoms with E-state index in [9.17, 15) is 0 Å². The summed E-state index contributed by atoms with van der Waals surface area (Å²) in [5.74, 6) is 6.81. The maximum Gasteiger partial charge on any atom is 0.191 e. The summed E-state index contributed by atoms with van der Waals surface area (Å²) in [6, 6.07) is 2.16. The first-order chi connectivity index (χ1) is 8.55. The van der Waals surface area contributed by atoms with Gasteiger partial charge in [-0.1, -0.05) is 11.8 Å². The molecule has 1 aromatic rings. The number of thioether (sulfide) groups is 1. The predicted molar refractivity (Wildman–Crippen MR) is 77.9 cm³/mol. The molecule has 1 heterocycles. The summed E-state index contributed by atoms with van der Waals surface area (Å²) in [7, 11) is 4.14. The van der Waals surface area contributed by atoms with Gasteiger partial charge in [-0.25, -0.2) is 15.8 Å². The van der Waals surface area contributed by atoms with Crippen LogP contribution in [-0.4, -0.2) is 47.8 Å². The summed E-state index contributed by atoms with van der Waals surface area (Å²) in [6.07, 6.45) is 2.99. The van der Waals surface area contributed by atoms with E-state index in [1.54, 1.807) is 0 Å². The van der Waals surface area contributed by atoms with Gasteiger partial charge in [0, 0.05) is 12.1 Å². The number of aromatic nitrogens is 2. The highest BCUT2D eigenvalue weighted by Crippen LogP contribution is 2.17. The van der Waals surface area contributed by atoms with E-state index < -0.39 is 0 Å². The Balaban J connectivity index is 2.65. The zero-order valence-corrected chi connectivity index (χ0v) is 12.2. The van der Waals surface area contributed by atoms with Crippen LogP contribution in [0.5, 0.6) is 0 Å². The molecule has 0 radical (unpaired) electrons. The lowest BCUT2D eigenvalue weighted by Crippen LogP contribution is -2.23. The number of nitrogens with two attached hydrogens (primary N) is 1. The fraction of sp³-hybridized carbons (Fsp3) is 0.636. The van der Waals surface area contributed by atoms with Crippen LogP contribution in [0, 0.1) is 0 Å². The zero-order valence-electron chi connectivity index (χ0n) is 11.4. The predicted octanol–water partition coefficient (Wildman–Crippen LogP) is 1.24. The molecule has 0 fully saturated rings. The quantitative estimate of drug-likeness (QED) is 0.298. The molecule has 1 unspecified atom stereocenters. The molecule has 0 amide bonds. The van der Waals surface area contributed by atoms with E-state index in [4.69, 9.17) is 5.84 Å². The third-order valence-electron chi connectivity index (χ3n) is 2.44. The van der Waals surface area contributed by atoms with Gasteiger partial charge in [0.05, 0.1) is 0 Å². The molecule has 0 aliphatic heterocycles. The van der Waals surface area contributed by atoms with Gasteiger partial charge >= 0.3 is 0 Å². The molecule has 102 valence electrons. The fourth-order valence-corrected chi connectivity index (χ4v) is 1.82. The van der Waals surface area contributed by atoms with Gasteiger partial charge in [-0.3, -0.25) is 0 Å². The molecule has 1 aromatic heterocycles. The Hall–Kier alpha value is -1.05. The maximum atomic E-state index is 5.39. The van der Waals surface area contributed by atoms with E-state index in [2.05, 4.69) is 46.6 Å². The average molecular weight is 270 g/mol. The highest BCUT2D eigenvalue weighted by Gasteiger charge is 2.07. The Morgan fingerprint density at radius 3 is 2.61 bits per heavy atom. The summed E-state index contributed by atoms with van der Waals surface area (Å²) in [6.45, 7) is 3.18. The topological polar surface area (TPSA) is 79.1 Å². The number of rotatable bonds is 7. The lowest BCUT2D eigenvalue weighted by molar-refractivity contribution is 0.390. The number of nitrogen functional groups attached to an aromatic ring is 1. The van der Waals surface area contributed by atoms with Crippen molar-refractivity contribution in [1.29, 1.82) is 0 Å². The van der Waals surface area contributed by atoms with Crippen LogP contribution < -0.4 is 16.6 Å². The highest BCUT2D eigenvalue weighted by atomic mass is 32.2. The van der Waals surface area contributed by atoms with Gasteiger partial charge in [0.1, 0.15) is 11.6 Å². The molecule has 18 heavy (non-hydrogen) atoms. The zero-order chi connectivity index (χ0) is 13.5. The molecule has 1 atom stereocenters. The lowest BCUT2D eigenvalue weighted by Gasteiger charge is -2.17. The monoisotopic (exact) mass is 270 g/mol. The van der Waals surface area contributed by atoms with Gasteiger partial charge in [-0.15, -0.1) is 0 Å². The first-order valence-electron chi connectivity index (χ1n) is 5.86. The van der Waals surface area contributed by atoms with Crippen molar-refractivity contribution in [1.82, 2.24) is 14.9 Å². The number of hydrogen-bond donors (Lipinski definition) is 3. The van der Waals surface area contributed by atoms with Crippen molar-refractivity contribution in [3.8, 4) is 0 Å². The van der Waals surface area contributed by atoms with Crippen molar-refractivity contribution < 1.29 is 0 Å². The minimum Gasteiger partial charge on any atom is -0.367 e.